The number of aliphatic hydroxyl groups is 1. The molecule has 1 aromatic heterocycles. The lowest BCUT2D eigenvalue weighted by Crippen LogP contribution is -2.29. The number of aromatic nitrogens is 1. The van der Waals surface area contributed by atoms with Crippen molar-refractivity contribution in [2.24, 2.45) is 0 Å². The Morgan fingerprint density at radius 1 is 0.976 bits per heavy atom. The number of rotatable bonds is 9. The van der Waals surface area contributed by atoms with E-state index < -0.39 is 17.7 Å². The topological polar surface area (TPSA) is 107 Å². The molecule has 2 aliphatic heterocycles. The van der Waals surface area contributed by atoms with Crippen molar-refractivity contribution < 1.29 is 33.6 Å². The zero-order chi connectivity index (χ0) is 29.2. The van der Waals surface area contributed by atoms with Gasteiger partial charge in [-0.2, -0.15) is 0 Å². The number of fused-ring (bicyclic) bond motifs is 2. The van der Waals surface area contributed by atoms with E-state index in [1.54, 1.807) is 18.2 Å². The number of anilines is 1. The van der Waals surface area contributed by atoms with Crippen LogP contribution in [0, 0.1) is 0 Å². The summed E-state index contributed by atoms with van der Waals surface area (Å²) in [7, 11) is 0. The van der Waals surface area contributed by atoms with Crippen LogP contribution in [0.4, 0.5) is 5.13 Å². The minimum absolute atomic E-state index is 0.0365. The number of aliphatic hydroxyl groups excluding tert-OH is 1. The fraction of sp³-hybridized carbons (Fsp3) is 0.281. The van der Waals surface area contributed by atoms with E-state index in [1.807, 2.05) is 49.4 Å². The molecule has 1 saturated heterocycles. The first kappa shape index (κ1) is 27.6. The molecule has 1 N–H and O–H groups in total. The molecule has 2 aliphatic rings. The predicted molar refractivity (Wildman–Crippen MR) is 160 cm³/mol. The number of hydrogen-bond donors (Lipinski definition) is 1. The average Bonchev–Trinajstić information content (AvgIpc) is 3.54. The molecule has 1 amide bonds. The van der Waals surface area contributed by atoms with Crippen molar-refractivity contribution in [1.29, 1.82) is 0 Å². The molecule has 1 unspecified atom stereocenters. The lowest BCUT2D eigenvalue weighted by molar-refractivity contribution is -0.132. The first-order chi connectivity index (χ1) is 20.5. The SMILES string of the molecule is CCCCOc1ccc(C2/C(=C(\O)c3ccc4c(c3)OCCO4)C(=O)C(=O)N2c2nc3ccc(OCC)cc3s2)cc1. The molecule has 1 fully saturated rings. The van der Waals surface area contributed by atoms with Crippen molar-refractivity contribution in [2.75, 3.05) is 31.3 Å². The van der Waals surface area contributed by atoms with Crippen molar-refractivity contribution in [2.45, 2.75) is 32.7 Å². The smallest absolute Gasteiger partial charge is 0.301 e. The highest BCUT2D eigenvalue weighted by Crippen LogP contribution is 2.45. The van der Waals surface area contributed by atoms with E-state index in [-0.39, 0.29) is 11.3 Å². The molecule has 3 aromatic carbocycles. The third-order valence-corrected chi connectivity index (χ3v) is 8.11. The molecule has 0 spiro atoms. The summed E-state index contributed by atoms with van der Waals surface area (Å²) < 4.78 is 23.6. The van der Waals surface area contributed by atoms with Crippen molar-refractivity contribution in [1.82, 2.24) is 4.98 Å². The maximum atomic E-state index is 13.7. The molecule has 4 aromatic rings. The summed E-state index contributed by atoms with van der Waals surface area (Å²) in [4.78, 5) is 33.4. The van der Waals surface area contributed by atoms with Crippen molar-refractivity contribution in [3.63, 3.8) is 0 Å². The van der Waals surface area contributed by atoms with Gasteiger partial charge in [-0.25, -0.2) is 4.98 Å². The minimum Gasteiger partial charge on any atom is -0.507 e. The number of amides is 1. The summed E-state index contributed by atoms with van der Waals surface area (Å²) in [5.41, 5.74) is 1.61. The van der Waals surface area contributed by atoms with Crippen LogP contribution in [0.25, 0.3) is 16.0 Å². The largest absolute Gasteiger partial charge is 0.507 e. The molecule has 1 atom stereocenters. The molecule has 0 radical (unpaired) electrons. The molecule has 0 bridgehead atoms. The Kier molecular flexibility index (Phi) is 7.71. The van der Waals surface area contributed by atoms with E-state index in [2.05, 4.69) is 6.92 Å². The number of nitrogens with zero attached hydrogens (tertiary/aromatic N) is 2. The Labute approximate surface area is 246 Å². The van der Waals surface area contributed by atoms with E-state index in [4.69, 9.17) is 23.9 Å². The fourth-order valence-electron chi connectivity index (χ4n) is 5.02. The second-order valence-electron chi connectivity index (χ2n) is 9.86. The van der Waals surface area contributed by atoms with Gasteiger partial charge in [-0.15, -0.1) is 0 Å². The van der Waals surface area contributed by atoms with Gasteiger partial charge in [-0.05, 0) is 67.4 Å². The summed E-state index contributed by atoms with van der Waals surface area (Å²) in [6, 6.07) is 16.8. The number of carbonyl (C=O) groups is 2. The van der Waals surface area contributed by atoms with Gasteiger partial charge >= 0.3 is 5.91 Å². The molecule has 6 rings (SSSR count). The number of hydrogen-bond acceptors (Lipinski definition) is 9. The zero-order valence-electron chi connectivity index (χ0n) is 23.3. The van der Waals surface area contributed by atoms with Gasteiger partial charge in [0.15, 0.2) is 16.6 Å². The maximum Gasteiger partial charge on any atom is 0.301 e. The van der Waals surface area contributed by atoms with Crippen molar-refractivity contribution in [3.8, 4) is 23.0 Å². The lowest BCUT2D eigenvalue weighted by atomic mass is 9.95. The number of thiazole rings is 1. The molecular weight excluding hydrogens is 556 g/mol. The molecule has 10 heteroatoms. The van der Waals surface area contributed by atoms with Gasteiger partial charge in [-0.1, -0.05) is 36.8 Å². The zero-order valence-corrected chi connectivity index (χ0v) is 24.1. The van der Waals surface area contributed by atoms with E-state index in [0.717, 1.165) is 17.5 Å². The average molecular weight is 587 g/mol. The van der Waals surface area contributed by atoms with Gasteiger partial charge in [-0.3, -0.25) is 14.5 Å². The van der Waals surface area contributed by atoms with Crippen LogP contribution in [0.5, 0.6) is 23.0 Å². The quantitative estimate of drug-likeness (QED) is 0.106. The van der Waals surface area contributed by atoms with Crippen LogP contribution in [-0.4, -0.2) is 48.2 Å². The second-order valence-corrected chi connectivity index (χ2v) is 10.9. The highest BCUT2D eigenvalue weighted by Gasteiger charge is 2.48. The highest BCUT2D eigenvalue weighted by atomic mass is 32.1. The fourth-order valence-corrected chi connectivity index (χ4v) is 6.05. The third-order valence-electron chi connectivity index (χ3n) is 7.09. The minimum atomic E-state index is -0.921. The van der Waals surface area contributed by atoms with Crippen LogP contribution in [0.3, 0.4) is 0 Å². The normalized spacial score (nSPS) is 17.6. The van der Waals surface area contributed by atoms with Crippen LogP contribution >= 0.6 is 11.3 Å². The number of ketones is 1. The van der Waals surface area contributed by atoms with Crippen LogP contribution in [0.2, 0.25) is 0 Å². The summed E-state index contributed by atoms with van der Waals surface area (Å²) in [6.45, 7) is 5.91. The highest BCUT2D eigenvalue weighted by molar-refractivity contribution is 7.22. The van der Waals surface area contributed by atoms with Gasteiger partial charge in [0.25, 0.3) is 5.78 Å². The molecule has 216 valence electrons. The summed E-state index contributed by atoms with van der Waals surface area (Å²) in [5.74, 6) is 0.503. The summed E-state index contributed by atoms with van der Waals surface area (Å²) in [6.07, 6.45) is 1.95. The molecule has 0 aliphatic carbocycles. The number of Topliss-reactive ketones (excluding diaryl/α,β-unsaturated/α-hetero) is 1. The van der Waals surface area contributed by atoms with E-state index in [9.17, 15) is 14.7 Å². The Hall–Kier alpha value is -4.57. The van der Waals surface area contributed by atoms with Gasteiger partial charge in [0.1, 0.15) is 30.5 Å². The second kappa shape index (κ2) is 11.7. The maximum absolute atomic E-state index is 13.7. The monoisotopic (exact) mass is 586 g/mol. The molecule has 42 heavy (non-hydrogen) atoms. The standard InChI is InChI=1S/C32H30N2O7S/c1-3-5-14-39-21-9-6-19(7-10-21)28-27(29(35)20-8-13-24-25(17-20)41-16-15-40-24)30(36)31(37)34(28)32-33-23-12-11-22(38-4-2)18-26(23)42-32/h6-13,17-18,28,35H,3-5,14-16H2,1-2H3/b29-27+. The number of benzene rings is 3. The summed E-state index contributed by atoms with van der Waals surface area (Å²) >= 11 is 1.28. The predicted octanol–water partition coefficient (Wildman–Crippen LogP) is 6.27. The van der Waals surface area contributed by atoms with Gasteiger partial charge in [0.05, 0.1) is 35.0 Å². The van der Waals surface area contributed by atoms with Crippen LogP contribution in [-0.2, 0) is 9.59 Å². The van der Waals surface area contributed by atoms with E-state index in [1.165, 1.54) is 16.2 Å². The summed E-state index contributed by atoms with van der Waals surface area (Å²) in [5, 5.41) is 11.9. The number of unbranched alkanes of at least 4 members (excludes halogenated alkanes) is 1. The first-order valence-electron chi connectivity index (χ1n) is 14.0. The first-order valence-corrected chi connectivity index (χ1v) is 14.8. The molecule has 3 heterocycles. The van der Waals surface area contributed by atoms with Gasteiger partial charge < -0.3 is 24.1 Å². The Balaban J connectivity index is 1.46. The molecule has 9 nitrogen and oxygen atoms in total. The molecular formula is C32H30N2O7S. The van der Waals surface area contributed by atoms with Crippen LogP contribution in [0.15, 0.2) is 66.2 Å². The Morgan fingerprint density at radius 3 is 2.50 bits per heavy atom. The Bertz CT molecular complexity index is 1680. The van der Waals surface area contributed by atoms with E-state index in [0.29, 0.717) is 71.2 Å². The van der Waals surface area contributed by atoms with E-state index >= 15 is 0 Å². The van der Waals surface area contributed by atoms with Crippen LogP contribution in [0.1, 0.15) is 43.9 Å². The molecule has 0 saturated carbocycles. The lowest BCUT2D eigenvalue weighted by Gasteiger charge is -2.23. The third kappa shape index (κ3) is 5.14. The Morgan fingerprint density at radius 2 is 1.74 bits per heavy atom. The number of carbonyl (C=O) groups excluding carboxylic acids is 2. The van der Waals surface area contributed by atoms with Gasteiger partial charge in [0, 0.05) is 5.56 Å². The van der Waals surface area contributed by atoms with Gasteiger partial charge in [0.2, 0.25) is 0 Å². The number of ether oxygens (including phenoxy) is 4. The van der Waals surface area contributed by atoms with Crippen molar-refractivity contribution in [3.05, 3.63) is 77.4 Å². The van der Waals surface area contributed by atoms with Crippen molar-refractivity contribution >= 4 is 44.1 Å². The van der Waals surface area contributed by atoms with Crippen LogP contribution < -0.4 is 23.8 Å².